The number of rotatable bonds is 3. The Labute approximate surface area is 116 Å². The monoisotopic (exact) mass is 272 g/mol. The predicted octanol–water partition coefficient (Wildman–Crippen LogP) is 1.55. The maximum Gasteiger partial charge on any atom is 0.338 e. The molecule has 0 bridgehead atoms. The molecular formula is C14H16N4O2. The number of nitrogen functional groups attached to an aromatic ring is 1. The lowest BCUT2D eigenvalue weighted by Crippen LogP contribution is -2.15. The van der Waals surface area contributed by atoms with Gasteiger partial charge in [-0.3, -0.25) is 0 Å². The van der Waals surface area contributed by atoms with Gasteiger partial charge in [-0.15, -0.1) is 10.2 Å². The molecule has 6 heteroatoms. The van der Waals surface area contributed by atoms with Crippen molar-refractivity contribution in [2.75, 3.05) is 5.73 Å². The summed E-state index contributed by atoms with van der Waals surface area (Å²) < 4.78 is 7.32. The summed E-state index contributed by atoms with van der Waals surface area (Å²) in [7, 11) is 0. The van der Waals surface area contributed by atoms with Crippen LogP contribution in [0.15, 0.2) is 24.3 Å². The number of esters is 1. The van der Waals surface area contributed by atoms with Crippen molar-refractivity contribution in [3.05, 3.63) is 41.5 Å². The molecule has 1 aromatic carbocycles. The zero-order chi connectivity index (χ0) is 13.9. The average Bonchev–Trinajstić information content (AvgIpc) is 2.89. The molecule has 104 valence electrons. The molecule has 0 amide bonds. The molecule has 6 nitrogen and oxygen atoms in total. The van der Waals surface area contributed by atoms with Crippen LogP contribution in [0.2, 0.25) is 0 Å². The Morgan fingerprint density at radius 3 is 2.85 bits per heavy atom. The predicted molar refractivity (Wildman–Crippen MR) is 72.9 cm³/mol. The number of carbonyl (C=O) groups excluding carboxylic acids is 1. The van der Waals surface area contributed by atoms with Crippen LogP contribution in [0.25, 0.3) is 0 Å². The third-order valence-corrected chi connectivity index (χ3v) is 3.41. The van der Waals surface area contributed by atoms with Crippen molar-refractivity contribution < 1.29 is 9.53 Å². The molecule has 1 aliphatic heterocycles. The van der Waals surface area contributed by atoms with Gasteiger partial charge in [0.05, 0.1) is 5.56 Å². The summed E-state index contributed by atoms with van der Waals surface area (Å²) in [6.45, 7) is 1.05. The third kappa shape index (κ3) is 2.49. The largest absolute Gasteiger partial charge is 0.454 e. The van der Waals surface area contributed by atoms with E-state index in [1.807, 2.05) is 4.57 Å². The van der Waals surface area contributed by atoms with E-state index in [0.29, 0.717) is 17.1 Å². The quantitative estimate of drug-likeness (QED) is 0.677. The molecule has 20 heavy (non-hydrogen) atoms. The molecule has 0 spiro atoms. The molecule has 0 saturated carbocycles. The Morgan fingerprint density at radius 2 is 2.05 bits per heavy atom. The second kappa shape index (κ2) is 5.32. The van der Waals surface area contributed by atoms with E-state index in [0.717, 1.165) is 31.6 Å². The van der Waals surface area contributed by atoms with Crippen LogP contribution in [0.5, 0.6) is 0 Å². The van der Waals surface area contributed by atoms with Crippen molar-refractivity contribution in [2.45, 2.75) is 32.4 Å². The molecule has 1 aromatic heterocycles. The minimum atomic E-state index is -0.377. The van der Waals surface area contributed by atoms with Crippen molar-refractivity contribution in [3.63, 3.8) is 0 Å². The number of anilines is 1. The molecule has 0 aliphatic carbocycles. The maximum absolute atomic E-state index is 11.9. The zero-order valence-corrected chi connectivity index (χ0v) is 11.1. The molecular weight excluding hydrogens is 256 g/mol. The minimum Gasteiger partial charge on any atom is -0.454 e. The van der Waals surface area contributed by atoms with Gasteiger partial charge >= 0.3 is 5.97 Å². The number of nitrogens with two attached hydrogens (primary N) is 1. The second-order valence-electron chi connectivity index (χ2n) is 4.84. The molecule has 0 unspecified atom stereocenters. The van der Waals surface area contributed by atoms with E-state index < -0.39 is 0 Å². The summed E-state index contributed by atoms with van der Waals surface area (Å²) >= 11 is 0. The number of aromatic nitrogens is 3. The number of hydrogen-bond donors (Lipinski definition) is 1. The molecule has 1 aliphatic rings. The lowest BCUT2D eigenvalue weighted by atomic mass is 10.2. The first-order valence-corrected chi connectivity index (χ1v) is 6.67. The molecule has 0 fully saturated rings. The van der Waals surface area contributed by atoms with Crippen molar-refractivity contribution in [3.8, 4) is 0 Å². The van der Waals surface area contributed by atoms with Crippen LogP contribution in [0.4, 0.5) is 5.69 Å². The van der Waals surface area contributed by atoms with Gasteiger partial charge in [0.1, 0.15) is 5.82 Å². The van der Waals surface area contributed by atoms with Crippen molar-refractivity contribution in [1.29, 1.82) is 0 Å². The standard InChI is InChI=1S/C14H16N4O2/c15-11-6-4-10(5-7-11)14(19)20-9-13-17-16-12-3-1-2-8-18(12)13/h4-7H,1-3,8-9,15H2. The molecule has 0 atom stereocenters. The van der Waals surface area contributed by atoms with Crippen molar-refractivity contribution in [1.82, 2.24) is 14.8 Å². The second-order valence-corrected chi connectivity index (χ2v) is 4.84. The maximum atomic E-state index is 11.9. The van der Waals surface area contributed by atoms with Gasteiger partial charge < -0.3 is 15.0 Å². The summed E-state index contributed by atoms with van der Waals surface area (Å²) in [6.07, 6.45) is 3.20. The van der Waals surface area contributed by atoms with Crippen LogP contribution >= 0.6 is 0 Å². The first kappa shape index (κ1) is 12.7. The van der Waals surface area contributed by atoms with Crippen LogP contribution in [0.3, 0.4) is 0 Å². The van der Waals surface area contributed by atoms with E-state index in [1.54, 1.807) is 24.3 Å². The Kier molecular flexibility index (Phi) is 3.37. The van der Waals surface area contributed by atoms with E-state index in [9.17, 15) is 4.79 Å². The summed E-state index contributed by atoms with van der Waals surface area (Å²) in [6, 6.07) is 6.65. The molecule has 2 N–H and O–H groups in total. The van der Waals surface area contributed by atoms with Gasteiger partial charge in [-0.25, -0.2) is 4.79 Å². The van der Waals surface area contributed by atoms with E-state index in [1.165, 1.54) is 0 Å². The lowest BCUT2D eigenvalue weighted by molar-refractivity contribution is 0.0457. The Hall–Kier alpha value is -2.37. The third-order valence-electron chi connectivity index (χ3n) is 3.41. The fourth-order valence-corrected chi connectivity index (χ4v) is 2.31. The van der Waals surface area contributed by atoms with Gasteiger partial charge in [-0.2, -0.15) is 0 Å². The van der Waals surface area contributed by atoms with Crippen LogP contribution in [-0.2, 0) is 24.3 Å². The van der Waals surface area contributed by atoms with Gasteiger partial charge in [-0.1, -0.05) is 0 Å². The first-order chi connectivity index (χ1) is 9.74. The highest BCUT2D eigenvalue weighted by Gasteiger charge is 2.17. The zero-order valence-electron chi connectivity index (χ0n) is 11.1. The topological polar surface area (TPSA) is 83.0 Å². The van der Waals surface area contributed by atoms with E-state index in [2.05, 4.69) is 10.2 Å². The van der Waals surface area contributed by atoms with Crippen LogP contribution in [0.1, 0.15) is 34.8 Å². The molecule has 3 rings (SSSR count). The summed E-state index contributed by atoms with van der Waals surface area (Å²) in [5.74, 6) is 1.32. The molecule has 0 saturated heterocycles. The van der Waals surface area contributed by atoms with Gasteiger partial charge in [-0.05, 0) is 37.1 Å². The highest BCUT2D eigenvalue weighted by Crippen LogP contribution is 2.15. The minimum absolute atomic E-state index is 0.149. The normalized spacial score (nSPS) is 13.8. The van der Waals surface area contributed by atoms with E-state index >= 15 is 0 Å². The van der Waals surface area contributed by atoms with Gasteiger partial charge in [0.15, 0.2) is 12.4 Å². The number of benzene rings is 1. The van der Waals surface area contributed by atoms with Crippen LogP contribution < -0.4 is 5.73 Å². The van der Waals surface area contributed by atoms with Gasteiger partial charge in [0, 0.05) is 18.7 Å². The van der Waals surface area contributed by atoms with Gasteiger partial charge in [0.25, 0.3) is 0 Å². The Bertz CT molecular complexity index is 619. The van der Waals surface area contributed by atoms with Crippen molar-refractivity contribution >= 4 is 11.7 Å². The summed E-state index contributed by atoms with van der Waals surface area (Å²) in [5, 5.41) is 8.22. The average molecular weight is 272 g/mol. The van der Waals surface area contributed by atoms with E-state index in [4.69, 9.17) is 10.5 Å². The van der Waals surface area contributed by atoms with Crippen LogP contribution in [0, 0.1) is 0 Å². The molecule has 2 heterocycles. The lowest BCUT2D eigenvalue weighted by Gasteiger charge is -2.14. The summed E-state index contributed by atoms with van der Waals surface area (Å²) in [4.78, 5) is 11.9. The smallest absolute Gasteiger partial charge is 0.338 e. The highest BCUT2D eigenvalue weighted by molar-refractivity contribution is 5.89. The Balaban J connectivity index is 1.66. The van der Waals surface area contributed by atoms with Crippen LogP contribution in [-0.4, -0.2) is 20.7 Å². The van der Waals surface area contributed by atoms with Crippen molar-refractivity contribution in [2.24, 2.45) is 0 Å². The number of aryl methyl sites for hydroxylation is 1. The number of nitrogens with zero attached hydrogens (tertiary/aromatic N) is 3. The Morgan fingerprint density at radius 1 is 1.25 bits per heavy atom. The number of carbonyl (C=O) groups is 1. The fourth-order valence-electron chi connectivity index (χ4n) is 2.31. The number of hydrogen-bond acceptors (Lipinski definition) is 5. The fraction of sp³-hybridized carbons (Fsp3) is 0.357. The van der Waals surface area contributed by atoms with Gasteiger partial charge in [0.2, 0.25) is 0 Å². The number of ether oxygens (including phenoxy) is 1. The molecule has 0 radical (unpaired) electrons. The SMILES string of the molecule is Nc1ccc(C(=O)OCc2nnc3n2CCCC3)cc1. The summed E-state index contributed by atoms with van der Waals surface area (Å²) in [5.41, 5.74) is 6.68. The van der Waals surface area contributed by atoms with E-state index in [-0.39, 0.29) is 12.6 Å². The first-order valence-electron chi connectivity index (χ1n) is 6.67. The number of fused-ring (bicyclic) bond motifs is 1. The highest BCUT2D eigenvalue weighted by atomic mass is 16.5. The molecule has 2 aromatic rings.